The molecule has 0 fully saturated rings. The molecule has 4 rings (SSSR count). The van der Waals surface area contributed by atoms with Crippen molar-refractivity contribution in [3.63, 3.8) is 0 Å². The average Bonchev–Trinajstić information content (AvgIpc) is 3.03. The molecule has 0 amide bonds. The Kier molecular flexibility index (Phi) is 5.63. The van der Waals surface area contributed by atoms with E-state index >= 15 is 0 Å². The monoisotopic (exact) mass is 410 g/mol. The number of hydrogen-bond donors (Lipinski definition) is 1. The Balaban J connectivity index is 1.83. The van der Waals surface area contributed by atoms with Crippen LogP contribution in [0.15, 0.2) is 78.9 Å². The number of nitrogens with zero attached hydrogens (tertiary/aromatic N) is 1. The first-order valence-corrected chi connectivity index (χ1v) is 10.3. The van der Waals surface area contributed by atoms with Gasteiger partial charge in [-0.05, 0) is 31.0 Å². The number of allylic oxidation sites excluding steroid dienone is 1. The molecule has 0 aliphatic rings. The van der Waals surface area contributed by atoms with Crippen LogP contribution in [0, 0.1) is 13.8 Å². The Bertz CT molecular complexity index is 1270. The number of carbonyl (C=O) groups excluding carboxylic acids is 1. The largest absolute Gasteiger partial charge is 0.492 e. The predicted octanol–water partition coefficient (Wildman–Crippen LogP) is 6.14. The summed E-state index contributed by atoms with van der Waals surface area (Å²) in [5, 5.41) is 4.63. The Labute approximate surface area is 182 Å². The van der Waals surface area contributed by atoms with E-state index in [2.05, 4.69) is 29.8 Å². The lowest BCUT2D eigenvalue weighted by Crippen LogP contribution is -2.05. The van der Waals surface area contributed by atoms with Crippen molar-refractivity contribution in [2.24, 2.45) is 7.05 Å². The predicted molar refractivity (Wildman–Crippen MR) is 128 cm³/mol. The Morgan fingerprint density at radius 1 is 0.903 bits per heavy atom. The summed E-state index contributed by atoms with van der Waals surface area (Å²) in [6, 6.07) is 23.3. The molecule has 0 unspecified atom stereocenters. The summed E-state index contributed by atoms with van der Waals surface area (Å²) in [7, 11) is 3.72. The van der Waals surface area contributed by atoms with Crippen molar-refractivity contribution in [2.45, 2.75) is 13.8 Å². The zero-order valence-electron chi connectivity index (χ0n) is 18.3. The van der Waals surface area contributed by atoms with Crippen molar-refractivity contribution in [3.05, 3.63) is 101 Å². The fraction of sp³-hybridized carbons (Fsp3) is 0.148. The number of aromatic nitrogens is 1. The van der Waals surface area contributed by atoms with Gasteiger partial charge in [0.2, 0.25) is 0 Å². The molecule has 0 bridgehead atoms. The summed E-state index contributed by atoms with van der Waals surface area (Å²) in [6.07, 6.45) is 1.65. The fourth-order valence-corrected chi connectivity index (χ4v) is 3.90. The third-order valence-corrected chi connectivity index (χ3v) is 5.81. The number of carbonyl (C=O) groups is 1. The van der Waals surface area contributed by atoms with Gasteiger partial charge < -0.3 is 14.6 Å². The quantitative estimate of drug-likeness (QED) is 0.307. The van der Waals surface area contributed by atoms with E-state index in [1.165, 1.54) is 11.3 Å². The van der Waals surface area contributed by atoms with Crippen LogP contribution in [0.1, 0.15) is 27.2 Å². The zero-order valence-corrected chi connectivity index (χ0v) is 18.3. The summed E-state index contributed by atoms with van der Waals surface area (Å²) in [4.78, 5) is 12.9. The van der Waals surface area contributed by atoms with Crippen LogP contribution in [0.3, 0.4) is 0 Å². The fourth-order valence-electron chi connectivity index (χ4n) is 3.90. The number of anilines is 1. The van der Waals surface area contributed by atoms with E-state index in [0.717, 1.165) is 33.6 Å². The van der Waals surface area contributed by atoms with Gasteiger partial charge in [-0.1, -0.05) is 66.7 Å². The smallest absolute Gasteiger partial charge is 0.187 e. The Morgan fingerprint density at radius 3 is 2.13 bits per heavy atom. The third kappa shape index (κ3) is 3.84. The van der Waals surface area contributed by atoms with Crippen molar-refractivity contribution < 1.29 is 9.53 Å². The van der Waals surface area contributed by atoms with Crippen LogP contribution in [0.2, 0.25) is 0 Å². The second kappa shape index (κ2) is 8.52. The van der Waals surface area contributed by atoms with Gasteiger partial charge in [0.05, 0.1) is 18.3 Å². The third-order valence-electron chi connectivity index (χ3n) is 5.81. The van der Waals surface area contributed by atoms with Crippen LogP contribution in [-0.2, 0) is 7.05 Å². The zero-order chi connectivity index (χ0) is 22.0. The van der Waals surface area contributed by atoms with E-state index in [1.807, 2.05) is 73.8 Å². The first kappa shape index (κ1) is 20.5. The Morgan fingerprint density at radius 2 is 1.52 bits per heavy atom. The van der Waals surface area contributed by atoms with E-state index in [0.29, 0.717) is 5.56 Å². The van der Waals surface area contributed by atoms with Crippen LogP contribution >= 0.6 is 0 Å². The van der Waals surface area contributed by atoms with Crippen LogP contribution in [-0.4, -0.2) is 17.5 Å². The van der Waals surface area contributed by atoms with Gasteiger partial charge in [0.25, 0.3) is 0 Å². The van der Waals surface area contributed by atoms with Gasteiger partial charge >= 0.3 is 0 Å². The van der Waals surface area contributed by atoms with Gasteiger partial charge in [-0.3, -0.25) is 4.79 Å². The molecule has 1 N–H and O–H groups in total. The second-order valence-electron chi connectivity index (χ2n) is 7.59. The molecule has 0 aliphatic carbocycles. The summed E-state index contributed by atoms with van der Waals surface area (Å²) in [5.41, 5.74) is 6.57. The summed E-state index contributed by atoms with van der Waals surface area (Å²) in [5.74, 6) is 0.697. The topological polar surface area (TPSA) is 43.3 Å². The number of hydrogen-bond acceptors (Lipinski definition) is 3. The molecule has 1 heterocycles. The number of benzene rings is 3. The lowest BCUT2D eigenvalue weighted by atomic mass is 10.1. The van der Waals surface area contributed by atoms with Gasteiger partial charge in [0.15, 0.2) is 11.5 Å². The molecule has 4 aromatic rings. The maximum absolute atomic E-state index is 12.9. The minimum atomic E-state index is -0.0578. The van der Waals surface area contributed by atoms with Crippen LogP contribution in [0.5, 0.6) is 5.75 Å². The highest BCUT2D eigenvalue weighted by molar-refractivity contribution is 6.10. The number of rotatable bonds is 6. The lowest BCUT2D eigenvalue weighted by Gasteiger charge is -2.16. The van der Waals surface area contributed by atoms with E-state index in [9.17, 15) is 4.79 Å². The molecule has 1 aromatic heterocycles. The molecule has 156 valence electrons. The molecule has 31 heavy (non-hydrogen) atoms. The van der Waals surface area contributed by atoms with Crippen LogP contribution < -0.4 is 10.1 Å². The maximum atomic E-state index is 12.9. The SMILES string of the molecule is COc1c(N/C(=C/C(=O)c2ccccc2)c2ccccc2)ccc2c(C)c(C)n(C)c12. The normalized spacial score (nSPS) is 11.5. The number of ether oxygens (including phenoxy) is 1. The van der Waals surface area contributed by atoms with Gasteiger partial charge in [0.1, 0.15) is 0 Å². The average molecular weight is 411 g/mol. The molecule has 3 aromatic carbocycles. The first-order chi connectivity index (χ1) is 15.0. The molecule has 4 heteroatoms. The van der Waals surface area contributed by atoms with E-state index in [1.54, 1.807) is 13.2 Å². The first-order valence-electron chi connectivity index (χ1n) is 10.3. The summed E-state index contributed by atoms with van der Waals surface area (Å²) >= 11 is 0. The highest BCUT2D eigenvalue weighted by atomic mass is 16.5. The van der Waals surface area contributed by atoms with Gasteiger partial charge in [-0.2, -0.15) is 0 Å². The molecule has 0 radical (unpaired) electrons. The molecular formula is C27H26N2O2. The Hall–Kier alpha value is -3.79. The van der Waals surface area contributed by atoms with E-state index < -0.39 is 0 Å². The summed E-state index contributed by atoms with van der Waals surface area (Å²) in [6.45, 7) is 4.23. The molecule has 0 atom stereocenters. The molecule has 0 saturated heterocycles. The lowest BCUT2D eigenvalue weighted by molar-refractivity contribution is 0.104. The van der Waals surface area contributed by atoms with E-state index in [4.69, 9.17) is 4.74 Å². The van der Waals surface area contributed by atoms with Gasteiger partial charge in [-0.15, -0.1) is 0 Å². The molecule has 0 spiro atoms. The van der Waals surface area contributed by atoms with Crippen molar-refractivity contribution >= 4 is 28.1 Å². The number of aryl methyl sites for hydroxylation is 2. The van der Waals surface area contributed by atoms with Crippen molar-refractivity contribution in [3.8, 4) is 5.75 Å². The van der Waals surface area contributed by atoms with Crippen LogP contribution in [0.25, 0.3) is 16.6 Å². The van der Waals surface area contributed by atoms with Gasteiger partial charge in [0, 0.05) is 35.5 Å². The summed E-state index contributed by atoms with van der Waals surface area (Å²) < 4.78 is 7.99. The number of methoxy groups -OCH3 is 1. The van der Waals surface area contributed by atoms with E-state index in [-0.39, 0.29) is 5.78 Å². The molecule has 4 nitrogen and oxygen atoms in total. The molecular weight excluding hydrogens is 384 g/mol. The van der Waals surface area contributed by atoms with Crippen molar-refractivity contribution in [1.82, 2.24) is 4.57 Å². The number of nitrogens with one attached hydrogen (secondary N) is 1. The van der Waals surface area contributed by atoms with Crippen molar-refractivity contribution in [1.29, 1.82) is 0 Å². The molecule has 0 aliphatic heterocycles. The number of ketones is 1. The minimum Gasteiger partial charge on any atom is -0.492 e. The highest BCUT2D eigenvalue weighted by Crippen LogP contribution is 2.38. The minimum absolute atomic E-state index is 0.0578. The highest BCUT2D eigenvalue weighted by Gasteiger charge is 2.17. The van der Waals surface area contributed by atoms with Crippen molar-refractivity contribution in [2.75, 3.05) is 12.4 Å². The van der Waals surface area contributed by atoms with Gasteiger partial charge in [-0.25, -0.2) is 0 Å². The van der Waals surface area contributed by atoms with Crippen LogP contribution in [0.4, 0.5) is 5.69 Å². The second-order valence-corrected chi connectivity index (χ2v) is 7.59. The standard InChI is InChI=1S/C27H26N2O2/c1-18-19(2)29(3)26-22(18)15-16-23(27(26)31-4)28-24(20-11-7-5-8-12-20)17-25(30)21-13-9-6-10-14-21/h5-17,28H,1-4H3/b24-17+. The molecule has 0 saturated carbocycles. The maximum Gasteiger partial charge on any atom is 0.187 e. The number of fused-ring (bicyclic) bond motifs is 1.